The summed E-state index contributed by atoms with van der Waals surface area (Å²) < 4.78 is 0. The number of carboxylic acid groups (broad SMARTS) is 1. The maximum atomic E-state index is 11.4. The molecule has 2 heterocycles. The number of piperidine rings is 1. The molecule has 3 aromatic rings. The van der Waals surface area contributed by atoms with Gasteiger partial charge < -0.3 is 10.0 Å². The standard InChI is InChI=1S/C20H18ClN3O2/c21-15-8-6-13(7-9-15)16-4-1-5-17-18(16)19(23-12-22-17)24-10-2-3-14(11-24)20(25)26/h1,4-9,12,14H,2-3,10-11H2,(H,25,26). The first kappa shape index (κ1) is 16.8. The molecule has 0 bridgehead atoms. The lowest BCUT2D eigenvalue weighted by Crippen LogP contribution is -2.39. The Morgan fingerprint density at radius 3 is 2.73 bits per heavy atom. The molecule has 0 amide bonds. The Morgan fingerprint density at radius 1 is 1.15 bits per heavy atom. The Kier molecular flexibility index (Phi) is 4.47. The number of aliphatic carboxylic acids is 1. The van der Waals surface area contributed by atoms with E-state index in [0.29, 0.717) is 18.0 Å². The minimum atomic E-state index is -0.744. The average Bonchev–Trinajstić information content (AvgIpc) is 2.68. The minimum Gasteiger partial charge on any atom is -0.481 e. The van der Waals surface area contributed by atoms with E-state index in [9.17, 15) is 9.90 Å². The zero-order chi connectivity index (χ0) is 18.1. The summed E-state index contributed by atoms with van der Waals surface area (Å²) in [5, 5.41) is 11.0. The quantitative estimate of drug-likeness (QED) is 0.749. The molecule has 4 rings (SSSR count). The number of aromatic nitrogens is 2. The highest BCUT2D eigenvalue weighted by Crippen LogP contribution is 2.35. The van der Waals surface area contributed by atoms with Crippen LogP contribution in [0, 0.1) is 5.92 Å². The molecule has 1 aromatic heterocycles. The van der Waals surface area contributed by atoms with Crippen LogP contribution >= 0.6 is 11.6 Å². The molecule has 1 aliphatic heterocycles. The molecule has 1 fully saturated rings. The van der Waals surface area contributed by atoms with Gasteiger partial charge in [-0.2, -0.15) is 0 Å². The lowest BCUT2D eigenvalue weighted by atomic mass is 9.96. The van der Waals surface area contributed by atoms with Crippen molar-refractivity contribution in [2.24, 2.45) is 5.92 Å². The number of rotatable bonds is 3. The van der Waals surface area contributed by atoms with Crippen LogP contribution in [0.2, 0.25) is 5.02 Å². The van der Waals surface area contributed by atoms with Crippen LogP contribution in [-0.2, 0) is 4.79 Å². The molecule has 0 aliphatic carbocycles. The summed E-state index contributed by atoms with van der Waals surface area (Å²) in [6, 6.07) is 13.6. The zero-order valence-corrected chi connectivity index (χ0v) is 14.9. The second-order valence-corrected chi connectivity index (χ2v) is 6.96. The van der Waals surface area contributed by atoms with E-state index in [1.807, 2.05) is 42.5 Å². The molecule has 2 aromatic carbocycles. The average molecular weight is 368 g/mol. The largest absolute Gasteiger partial charge is 0.481 e. The summed E-state index contributed by atoms with van der Waals surface area (Å²) in [5.41, 5.74) is 2.90. The summed E-state index contributed by atoms with van der Waals surface area (Å²) in [6.07, 6.45) is 3.10. The first-order valence-electron chi connectivity index (χ1n) is 8.61. The van der Waals surface area contributed by atoms with Gasteiger partial charge in [-0.25, -0.2) is 9.97 Å². The first-order chi connectivity index (χ1) is 12.6. The number of nitrogens with zero attached hydrogens (tertiary/aromatic N) is 3. The van der Waals surface area contributed by atoms with Gasteiger partial charge in [0.25, 0.3) is 0 Å². The molecule has 0 spiro atoms. The van der Waals surface area contributed by atoms with Crippen molar-refractivity contribution < 1.29 is 9.90 Å². The van der Waals surface area contributed by atoms with Crippen molar-refractivity contribution in [3.8, 4) is 11.1 Å². The lowest BCUT2D eigenvalue weighted by molar-refractivity contribution is -0.141. The van der Waals surface area contributed by atoms with E-state index in [4.69, 9.17) is 11.6 Å². The maximum Gasteiger partial charge on any atom is 0.308 e. The van der Waals surface area contributed by atoms with Gasteiger partial charge in [-0.05, 0) is 42.2 Å². The topological polar surface area (TPSA) is 66.3 Å². The number of hydrogen-bond donors (Lipinski definition) is 1. The van der Waals surface area contributed by atoms with Gasteiger partial charge in [-0.1, -0.05) is 35.9 Å². The van der Waals surface area contributed by atoms with Crippen LogP contribution < -0.4 is 4.90 Å². The summed E-state index contributed by atoms with van der Waals surface area (Å²) in [4.78, 5) is 22.5. The number of carboxylic acids is 1. The van der Waals surface area contributed by atoms with Gasteiger partial charge in [-0.15, -0.1) is 0 Å². The van der Waals surface area contributed by atoms with Crippen LogP contribution in [0.4, 0.5) is 5.82 Å². The number of halogens is 1. The maximum absolute atomic E-state index is 11.4. The number of benzene rings is 2. The normalized spacial score (nSPS) is 17.4. The van der Waals surface area contributed by atoms with Crippen LogP contribution in [0.25, 0.3) is 22.0 Å². The Morgan fingerprint density at radius 2 is 1.96 bits per heavy atom. The summed E-state index contributed by atoms with van der Waals surface area (Å²) in [7, 11) is 0. The van der Waals surface area contributed by atoms with Gasteiger partial charge >= 0.3 is 5.97 Å². The third kappa shape index (κ3) is 3.10. The number of fused-ring (bicyclic) bond motifs is 1. The molecule has 5 nitrogen and oxygen atoms in total. The third-order valence-corrected chi connectivity index (χ3v) is 5.12. The van der Waals surface area contributed by atoms with E-state index in [1.54, 1.807) is 6.33 Å². The number of anilines is 1. The van der Waals surface area contributed by atoms with Crippen molar-refractivity contribution in [2.45, 2.75) is 12.8 Å². The number of hydrogen-bond acceptors (Lipinski definition) is 4. The fourth-order valence-corrected chi connectivity index (χ4v) is 3.70. The van der Waals surface area contributed by atoms with Crippen LogP contribution in [0.5, 0.6) is 0 Å². The zero-order valence-electron chi connectivity index (χ0n) is 14.1. The van der Waals surface area contributed by atoms with Gasteiger partial charge in [0.15, 0.2) is 0 Å². The fourth-order valence-electron chi connectivity index (χ4n) is 3.57. The van der Waals surface area contributed by atoms with Crippen molar-refractivity contribution in [3.05, 3.63) is 53.8 Å². The predicted molar refractivity (Wildman–Crippen MR) is 103 cm³/mol. The molecule has 1 N–H and O–H groups in total. The molecule has 1 atom stereocenters. The van der Waals surface area contributed by atoms with Gasteiger partial charge in [0.1, 0.15) is 12.1 Å². The molecule has 0 saturated carbocycles. The summed E-state index contributed by atoms with van der Waals surface area (Å²) >= 11 is 6.03. The van der Waals surface area contributed by atoms with E-state index < -0.39 is 5.97 Å². The van der Waals surface area contributed by atoms with E-state index in [2.05, 4.69) is 14.9 Å². The van der Waals surface area contributed by atoms with Crippen molar-refractivity contribution in [1.82, 2.24) is 9.97 Å². The van der Waals surface area contributed by atoms with Crippen LogP contribution in [0.3, 0.4) is 0 Å². The van der Waals surface area contributed by atoms with Crippen molar-refractivity contribution in [2.75, 3.05) is 18.0 Å². The van der Waals surface area contributed by atoms with Crippen molar-refractivity contribution >= 4 is 34.3 Å². The summed E-state index contributed by atoms with van der Waals surface area (Å²) in [6.45, 7) is 1.27. The van der Waals surface area contributed by atoms with Gasteiger partial charge in [0.2, 0.25) is 0 Å². The number of carbonyl (C=O) groups is 1. The first-order valence-corrected chi connectivity index (χ1v) is 8.98. The van der Waals surface area contributed by atoms with E-state index in [0.717, 1.165) is 40.8 Å². The Balaban J connectivity index is 1.85. The van der Waals surface area contributed by atoms with E-state index >= 15 is 0 Å². The predicted octanol–water partition coefficient (Wildman–Crippen LogP) is 4.25. The molecule has 0 radical (unpaired) electrons. The monoisotopic (exact) mass is 367 g/mol. The van der Waals surface area contributed by atoms with Gasteiger partial charge in [0, 0.05) is 18.1 Å². The van der Waals surface area contributed by atoms with Crippen molar-refractivity contribution in [1.29, 1.82) is 0 Å². The van der Waals surface area contributed by atoms with Crippen LogP contribution in [-0.4, -0.2) is 34.1 Å². The van der Waals surface area contributed by atoms with Gasteiger partial charge in [0.05, 0.1) is 16.8 Å². The van der Waals surface area contributed by atoms with E-state index in [-0.39, 0.29) is 5.92 Å². The highest BCUT2D eigenvalue weighted by atomic mass is 35.5. The second kappa shape index (κ2) is 6.92. The highest BCUT2D eigenvalue weighted by Gasteiger charge is 2.27. The van der Waals surface area contributed by atoms with Gasteiger partial charge in [-0.3, -0.25) is 4.79 Å². The molecule has 26 heavy (non-hydrogen) atoms. The Bertz CT molecular complexity index is 954. The van der Waals surface area contributed by atoms with E-state index in [1.165, 1.54) is 0 Å². The second-order valence-electron chi connectivity index (χ2n) is 6.53. The summed E-state index contributed by atoms with van der Waals surface area (Å²) in [5.74, 6) is -0.311. The fraction of sp³-hybridized carbons (Fsp3) is 0.250. The van der Waals surface area contributed by atoms with Crippen LogP contribution in [0.15, 0.2) is 48.8 Å². The smallest absolute Gasteiger partial charge is 0.308 e. The lowest BCUT2D eigenvalue weighted by Gasteiger charge is -2.32. The highest BCUT2D eigenvalue weighted by molar-refractivity contribution is 6.30. The molecular weight excluding hydrogens is 350 g/mol. The molecule has 1 saturated heterocycles. The molecule has 1 aliphatic rings. The van der Waals surface area contributed by atoms with Crippen LogP contribution in [0.1, 0.15) is 12.8 Å². The van der Waals surface area contributed by atoms with Crippen molar-refractivity contribution in [3.63, 3.8) is 0 Å². The Hall–Kier alpha value is -2.66. The SMILES string of the molecule is O=C(O)C1CCCN(c2ncnc3cccc(-c4ccc(Cl)cc4)c23)C1. The Labute approximate surface area is 156 Å². The molecule has 132 valence electrons. The molecule has 6 heteroatoms. The third-order valence-electron chi connectivity index (χ3n) is 4.87. The molecule has 1 unspecified atom stereocenters. The minimum absolute atomic E-state index is 0.364. The molecular formula is C20H18ClN3O2.